The third-order valence-corrected chi connectivity index (χ3v) is 6.33. The van der Waals surface area contributed by atoms with Crippen molar-refractivity contribution >= 4 is 23.2 Å². The van der Waals surface area contributed by atoms with Crippen LogP contribution >= 0.6 is 0 Å². The maximum Gasteiger partial charge on any atom is 0.313 e. The molecule has 0 spiro atoms. The van der Waals surface area contributed by atoms with Crippen LogP contribution in [0.25, 0.3) is 0 Å². The SMILES string of the molecule is Cc1cccc(C)c1NC(=O)C(=O)NC[C@@H](c1cccnc1)N1CCN(c2ccccc2)CC1. The molecular weight excluding hydrogens is 426 g/mol. The standard InChI is InChI=1S/C27H31N5O2/c1-20-8-6-9-21(2)25(20)30-27(34)26(33)29-19-24(22-10-7-13-28-18-22)32-16-14-31(15-17-32)23-11-4-3-5-12-23/h3-13,18,24H,14-17,19H2,1-2H3,(H,29,33)(H,30,34)/t24-/m0/s1. The van der Waals surface area contributed by atoms with Gasteiger partial charge in [0, 0.05) is 56.5 Å². The van der Waals surface area contributed by atoms with Gasteiger partial charge in [0.05, 0.1) is 6.04 Å². The Morgan fingerprint density at radius 3 is 2.24 bits per heavy atom. The summed E-state index contributed by atoms with van der Waals surface area (Å²) in [5, 5.41) is 5.61. The molecule has 4 rings (SSSR count). The van der Waals surface area contributed by atoms with E-state index in [0.717, 1.165) is 42.9 Å². The normalized spacial score (nSPS) is 14.9. The second-order valence-electron chi connectivity index (χ2n) is 8.59. The molecule has 1 aliphatic heterocycles. The van der Waals surface area contributed by atoms with Gasteiger partial charge in [0.25, 0.3) is 0 Å². The van der Waals surface area contributed by atoms with Gasteiger partial charge in [0.15, 0.2) is 0 Å². The Hall–Kier alpha value is -3.71. The number of pyridine rings is 1. The average molecular weight is 458 g/mol. The first-order valence-electron chi connectivity index (χ1n) is 11.6. The lowest BCUT2D eigenvalue weighted by Crippen LogP contribution is -2.50. The number of nitrogens with one attached hydrogen (secondary N) is 2. The number of nitrogens with zero attached hydrogens (tertiary/aromatic N) is 3. The number of carbonyl (C=O) groups excluding carboxylic acids is 2. The predicted molar refractivity (Wildman–Crippen MR) is 135 cm³/mol. The lowest BCUT2D eigenvalue weighted by Gasteiger charge is -2.40. The minimum Gasteiger partial charge on any atom is -0.369 e. The molecule has 1 atom stereocenters. The number of aryl methyl sites for hydroxylation is 2. The number of hydrogen-bond acceptors (Lipinski definition) is 5. The highest BCUT2D eigenvalue weighted by Gasteiger charge is 2.27. The van der Waals surface area contributed by atoms with Crippen molar-refractivity contribution < 1.29 is 9.59 Å². The lowest BCUT2D eigenvalue weighted by atomic mass is 10.1. The van der Waals surface area contributed by atoms with Gasteiger partial charge in [-0.3, -0.25) is 19.5 Å². The molecular formula is C27H31N5O2. The number of amides is 2. The Morgan fingerprint density at radius 1 is 0.882 bits per heavy atom. The number of carbonyl (C=O) groups is 2. The first kappa shape index (κ1) is 23.4. The first-order valence-corrected chi connectivity index (χ1v) is 11.6. The maximum absolute atomic E-state index is 12.7. The largest absolute Gasteiger partial charge is 0.369 e. The van der Waals surface area contributed by atoms with E-state index in [9.17, 15) is 9.59 Å². The number of benzene rings is 2. The zero-order chi connectivity index (χ0) is 23.9. The quantitative estimate of drug-likeness (QED) is 0.556. The van der Waals surface area contributed by atoms with Crippen molar-refractivity contribution in [2.24, 2.45) is 0 Å². The molecule has 7 heteroatoms. The Kier molecular flexibility index (Phi) is 7.54. The molecule has 0 saturated carbocycles. The molecule has 1 aliphatic rings. The van der Waals surface area contributed by atoms with Crippen molar-refractivity contribution in [3.63, 3.8) is 0 Å². The summed E-state index contributed by atoms with van der Waals surface area (Å²) < 4.78 is 0. The fourth-order valence-electron chi connectivity index (χ4n) is 4.41. The molecule has 2 heterocycles. The fraction of sp³-hybridized carbons (Fsp3) is 0.296. The van der Waals surface area contributed by atoms with E-state index < -0.39 is 11.8 Å². The topological polar surface area (TPSA) is 77.6 Å². The molecule has 1 fully saturated rings. The lowest BCUT2D eigenvalue weighted by molar-refractivity contribution is -0.136. The molecule has 0 bridgehead atoms. The van der Waals surface area contributed by atoms with Crippen molar-refractivity contribution in [1.82, 2.24) is 15.2 Å². The van der Waals surface area contributed by atoms with Crippen molar-refractivity contribution in [3.05, 3.63) is 89.7 Å². The summed E-state index contributed by atoms with van der Waals surface area (Å²) in [7, 11) is 0. The summed E-state index contributed by atoms with van der Waals surface area (Å²) in [4.78, 5) is 34.2. The number of aromatic nitrogens is 1. The molecule has 2 amide bonds. The summed E-state index contributed by atoms with van der Waals surface area (Å²) in [5.41, 5.74) is 4.77. The van der Waals surface area contributed by atoms with E-state index in [4.69, 9.17) is 0 Å². The smallest absolute Gasteiger partial charge is 0.313 e. The van der Waals surface area contributed by atoms with E-state index in [1.807, 2.05) is 56.4 Å². The van der Waals surface area contributed by atoms with Gasteiger partial charge in [-0.25, -0.2) is 0 Å². The van der Waals surface area contributed by atoms with E-state index in [2.05, 4.69) is 49.7 Å². The number of rotatable bonds is 6. The van der Waals surface area contributed by atoms with Gasteiger partial charge < -0.3 is 15.5 Å². The molecule has 2 aromatic carbocycles. The predicted octanol–water partition coefficient (Wildman–Crippen LogP) is 3.32. The van der Waals surface area contributed by atoms with Gasteiger partial charge >= 0.3 is 11.8 Å². The van der Waals surface area contributed by atoms with E-state index in [1.54, 1.807) is 6.20 Å². The summed E-state index contributed by atoms with van der Waals surface area (Å²) in [6, 6.07) is 20.0. The monoisotopic (exact) mass is 457 g/mol. The van der Waals surface area contributed by atoms with Crippen LogP contribution in [0.3, 0.4) is 0 Å². The van der Waals surface area contributed by atoms with E-state index in [-0.39, 0.29) is 6.04 Å². The second kappa shape index (κ2) is 10.9. The molecule has 176 valence electrons. The molecule has 1 saturated heterocycles. The van der Waals surface area contributed by atoms with Crippen molar-refractivity contribution in [3.8, 4) is 0 Å². The van der Waals surface area contributed by atoms with Crippen LogP contribution < -0.4 is 15.5 Å². The second-order valence-corrected chi connectivity index (χ2v) is 8.59. The van der Waals surface area contributed by atoms with Crippen LogP contribution in [0.1, 0.15) is 22.7 Å². The minimum absolute atomic E-state index is 0.0661. The summed E-state index contributed by atoms with van der Waals surface area (Å²) in [6.45, 7) is 7.62. The van der Waals surface area contributed by atoms with Crippen molar-refractivity contribution in [2.45, 2.75) is 19.9 Å². The van der Waals surface area contributed by atoms with Crippen LogP contribution in [-0.2, 0) is 9.59 Å². The Balaban J connectivity index is 1.40. The highest BCUT2D eigenvalue weighted by atomic mass is 16.2. The number of para-hydroxylation sites is 2. The maximum atomic E-state index is 12.7. The Morgan fingerprint density at radius 2 is 1.59 bits per heavy atom. The van der Waals surface area contributed by atoms with E-state index >= 15 is 0 Å². The highest BCUT2D eigenvalue weighted by molar-refractivity contribution is 6.39. The van der Waals surface area contributed by atoms with Crippen molar-refractivity contribution in [1.29, 1.82) is 0 Å². The molecule has 1 aromatic heterocycles. The van der Waals surface area contributed by atoms with Crippen LogP contribution in [0.15, 0.2) is 73.1 Å². The number of anilines is 2. The summed E-state index contributed by atoms with van der Waals surface area (Å²) in [5.74, 6) is -1.30. The fourth-order valence-corrected chi connectivity index (χ4v) is 4.41. The summed E-state index contributed by atoms with van der Waals surface area (Å²) in [6.07, 6.45) is 3.57. The molecule has 34 heavy (non-hydrogen) atoms. The molecule has 3 aromatic rings. The molecule has 0 unspecified atom stereocenters. The van der Waals surface area contributed by atoms with Gasteiger partial charge in [-0.1, -0.05) is 42.5 Å². The molecule has 7 nitrogen and oxygen atoms in total. The van der Waals surface area contributed by atoms with E-state index in [0.29, 0.717) is 12.2 Å². The van der Waals surface area contributed by atoms with Gasteiger partial charge in [0.1, 0.15) is 0 Å². The van der Waals surface area contributed by atoms with Gasteiger partial charge in [0.2, 0.25) is 0 Å². The van der Waals surface area contributed by atoms with Gasteiger partial charge in [-0.2, -0.15) is 0 Å². The number of hydrogen-bond donors (Lipinski definition) is 2. The zero-order valence-corrected chi connectivity index (χ0v) is 19.7. The zero-order valence-electron chi connectivity index (χ0n) is 19.7. The van der Waals surface area contributed by atoms with Gasteiger partial charge in [-0.05, 0) is 48.7 Å². The average Bonchev–Trinajstić information content (AvgIpc) is 2.88. The first-order chi connectivity index (χ1) is 16.5. The third-order valence-electron chi connectivity index (χ3n) is 6.33. The van der Waals surface area contributed by atoms with Crippen LogP contribution in [0.4, 0.5) is 11.4 Å². The van der Waals surface area contributed by atoms with Crippen molar-refractivity contribution in [2.75, 3.05) is 42.9 Å². The van der Waals surface area contributed by atoms with Crippen LogP contribution in [-0.4, -0.2) is 54.4 Å². The third kappa shape index (κ3) is 5.61. The molecule has 0 aliphatic carbocycles. The van der Waals surface area contributed by atoms with E-state index in [1.165, 1.54) is 5.69 Å². The highest BCUT2D eigenvalue weighted by Crippen LogP contribution is 2.24. The van der Waals surface area contributed by atoms with Crippen LogP contribution in [0.5, 0.6) is 0 Å². The Bertz CT molecular complexity index is 1090. The minimum atomic E-state index is -0.656. The van der Waals surface area contributed by atoms with Gasteiger partial charge in [-0.15, -0.1) is 0 Å². The number of piperazine rings is 1. The molecule has 2 N–H and O–H groups in total. The van der Waals surface area contributed by atoms with Crippen LogP contribution in [0, 0.1) is 13.8 Å². The molecule has 0 radical (unpaired) electrons. The van der Waals surface area contributed by atoms with Crippen LogP contribution in [0.2, 0.25) is 0 Å². The summed E-state index contributed by atoms with van der Waals surface area (Å²) >= 11 is 0. The Labute approximate surface area is 200 Å².